The second-order valence-electron chi connectivity index (χ2n) is 3.41. The Morgan fingerprint density at radius 3 is 2.67 bits per heavy atom. The highest BCUT2D eigenvalue weighted by Crippen LogP contribution is 2.29. The molecule has 0 bridgehead atoms. The van der Waals surface area contributed by atoms with E-state index in [-0.39, 0.29) is 18.4 Å². The van der Waals surface area contributed by atoms with Crippen LogP contribution in [0.15, 0.2) is 11.1 Å². The number of hydrogen-bond donors (Lipinski definition) is 0. The third-order valence-electron chi connectivity index (χ3n) is 2.43. The molecular weight excluding hydrogens is 196 g/mol. The molecule has 84 valence electrons. The minimum Gasteiger partial charge on any atom is -0.466 e. The zero-order valence-electron chi connectivity index (χ0n) is 9.17. The maximum atomic E-state index is 11.3. The van der Waals surface area contributed by atoms with E-state index >= 15 is 0 Å². The quantitative estimate of drug-likeness (QED) is 0.664. The number of carbonyl (C=O) groups excluding carboxylic acids is 2. The number of ether oxygens (including phenoxy) is 2. The number of carbonyl (C=O) groups is 2. The van der Waals surface area contributed by atoms with E-state index in [1.165, 1.54) is 7.11 Å². The highest BCUT2D eigenvalue weighted by molar-refractivity contribution is 5.91. The van der Waals surface area contributed by atoms with Crippen molar-refractivity contribution in [3.05, 3.63) is 11.1 Å². The van der Waals surface area contributed by atoms with Gasteiger partial charge in [0.1, 0.15) is 0 Å². The normalized spacial score (nSPS) is 15.3. The van der Waals surface area contributed by atoms with Gasteiger partial charge in [0, 0.05) is 5.57 Å². The molecule has 0 aromatic carbocycles. The smallest absolute Gasteiger partial charge is 0.333 e. The van der Waals surface area contributed by atoms with Gasteiger partial charge in [-0.05, 0) is 31.8 Å². The molecular formula is C11H16O4. The molecule has 0 aromatic heterocycles. The van der Waals surface area contributed by atoms with Gasteiger partial charge in [0.2, 0.25) is 0 Å². The van der Waals surface area contributed by atoms with Crippen LogP contribution in [0.25, 0.3) is 0 Å². The van der Waals surface area contributed by atoms with Crippen molar-refractivity contribution in [1.82, 2.24) is 0 Å². The molecule has 0 unspecified atom stereocenters. The largest absolute Gasteiger partial charge is 0.466 e. The Kier molecular flexibility index (Phi) is 4.34. The number of hydrogen-bond acceptors (Lipinski definition) is 4. The van der Waals surface area contributed by atoms with Gasteiger partial charge in [-0.1, -0.05) is 0 Å². The summed E-state index contributed by atoms with van der Waals surface area (Å²) in [6.07, 6.45) is 2.64. The van der Waals surface area contributed by atoms with E-state index in [2.05, 4.69) is 4.74 Å². The van der Waals surface area contributed by atoms with Crippen molar-refractivity contribution in [3.63, 3.8) is 0 Å². The summed E-state index contributed by atoms with van der Waals surface area (Å²) in [6, 6.07) is 0. The molecule has 0 spiro atoms. The molecule has 0 aromatic rings. The monoisotopic (exact) mass is 212 g/mol. The van der Waals surface area contributed by atoms with Crippen molar-refractivity contribution in [1.29, 1.82) is 0 Å². The Labute approximate surface area is 89.2 Å². The van der Waals surface area contributed by atoms with Crippen molar-refractivity contribution in [2.45, 2.75) is 32.6 Å². The topological polar surface area (TPSA) is 52.6 Å². The average Bonchev–Trinajstić information content (AvgIpc) is 2.65. The van der Waals surface area contributed by atoms with Gasteiger partial charge < -0.3 is 9.47 Å². The Morgan fingerprint density at radius 1 is 1.33 bits per heavy atom. The first-order valence-electron chi connectivity index (χ1n) is 5.13. The molecule has 0 aliphatic heterocycles. The Morgan fingerprint density at radius 2 is 2.07 bits per heavy atom. The van der Waals surface area contributed by atoms with Crippen molar-refractivity contribution in [2.24, 2.45) is 0 Å². The molecule has 0 radical (unpaired) electrons. The minimum absolute atomic E-state index is 0.221. The molecule has 0 atom stereocenters. The predicted molar refractivity (Wildman–Crippen MR) is 54.1 cm³/mol. The van der Waals surface area contributed by atoms with Gasteiger partial charge in [-0.3, -0.25) is 4.79 Å². The molecule has 0 saturated heterocycles. The molecule has 4 nitrogen and oxygen atoms in total. The van der Waals surface area contributed by atoms with E-state index in [9.17, 15) is 9.59 Å². The first-order chi connectivity index (χ1) is 7.19. The Bertz CT molecular complexity index is 291. The fraction of sp³-hybridized carbons (Fsp3) is 0.636. The van der Waals surface area contributed by atoms with Gasteiger partial charge in [-0.15, -0.1) is 0 Å². The van der Waals surface area contributed by atoms with Crippen LogP contribution < -0.4 is 0 Å². The lowest BCUT2D eigenvalue weighted by Gasteiger charge is -2.05. The van der Waals surface area contributed by atoms with Crippen LogP contribution in [0.1, 0.15) is 32.6 Å². The summed E-state index contributed by atoms with van der Waals surface area (Å²) in [5, 5.41) is 0. The molecule has 0 heterocycles. The second-order valence-corrected chi connectivity index (χ2v) is 3.41. The van der Waals surface area contributed by atoms with Gasteiger partial charge in [0.25, 0.3) is 0 Å². The lowest BCUT2D eigenvalue weighted by atomic mass is 10.1. The molecule has 0 saturated carbocycles. The summed E-state index contributed by atoms with van der Waals surface area (Å²) in [6.45, 7) is 2.14. The summed E-state index contributed by atoms with van der Waals surface area (Å²) in [5.41, 5.74) is 1.53. The minimum atomic E-state index is -0.313. The third kappa shape index (κ3) is 3.08. The van der Waals surface area contributed by atoms with Gasteiger partial charge >= 0.3 is 11.9 Å². The highest BCUT2D eigenvalue weighted by Gasteiger charge is 2.23. The Balaban J connectivity index is 2.65. The van der Waals surface area contributed by atoms with Crippen molar-refractivity contribution >= 4 is 11.9 Å². The first kappa shape index (κ1) is 11.8. The van der Waals surface area contributed by atoms with E-state index in [0.29, 0.717) is 18.6 Å². The summed E-state index contributed by atoms with van der Waals surface area (Å²) in [4.78, 5) is 22.6. The van der Waals surface area contributed by atoms with Crippen LogP contribution in [0.4, 0.5) is 0 Å². The van der Waals surface area contributed by atoms with Crippen LogP contribution >= 0.6 is 0 Å². The third-order valence-corrected chi connectivity index (χ3v) is 2.43. The van der Waals surface area contributed by atoms with E-state index in [1.807, 2.05) is 0 Å². The number of rotatable bonds is 4. The molecule has 0 amide bonds. The average molecular weight is 212 g/mol. The van der Waals surface area contributed by atoms with Crippen molar-refractivity contribution in [2.75, 3.05) is 13.7 Å². The van der Waals surface area contributed by atoms with Crippen LogP contribution in [-0.4, -0.2) is 25.7 Å². The lowest BCUT2D eigenvalue weighted by Crippen LogP contribution is -2.09. The summed E-state index contributed by atoms with van der Waals surface area (Å²) in [7, 11) is 1.36. The predicted octanol–water partition coefficient (Wildman–Crippen LogP) is 1.59. The van der Waals surface area contributed by atoms with Gasteiger partial charge in [0.15, 0.2) is 0 Å². The maximum absolute atomic E-state index is 11.3. The fourth-order valence-electron chi connectivity index (χ4n) is 1.76. The van der Waals surface area contributed by atoms with Crippen LogP contribution in [0.3, 0.4) is 0 Å². The molecule has 0 N–H and O–H groups in total. The zero-order chi connectivity index (χ0) is 11.3. The SMILES string of the molecule is CCOC(=O)CC1=C(C(=O)OC)CCC1. The van der Waals surface area contributed by atoms with Gasteiger partial charge in [-0.2, -0.15) is 0 Å². The van der Waals surface area contributed by atoms with Crippen LogP contribution in [0, 0.1) is 0 Å². The fourth-order valence-corrected chi connectivity index (χ4v) is 1.76. The lowest BCUT2D eigenvalue weighted by molar-refractivity contribution is -0.142. The number of esters is 2. The zero-order valence-corrected chi connectivity index (χ0v) is 9.17. The Hall–Kier alpha value is -1.32. The number of methoxy groups -OCH3 is 1. The molecule has 1 aliphatic carbocycles. The molecule has 1 aliphatic rings. The summed E-state index contributed by atoms with van der Waals surface area (Å²) in [5.74, 6) is -0.581. The van der Waals surface area contributed by atoms with Crippen LogP contribution in [0.2, 0.25) is 0 Å². The van der Waals surface area contributed by atoms with Gasteiger partial charge in [0.05, 0.1) is 20.1 Å². The summed E-state index contributed by atoms with van der Waals surface area (Å²) >= 11 is 0. The van der Waals surface area contributed by atoms with Crippen LogP contribution in [0.5, 0.6) is 0 Å². The molecule has 0 fully saturated rings. The maximum Gasteiger partial charge on any atom is 0.333 e. The second kappa shape index (κ2) is 5.53. The standard InChI is InChI=1S/C11H16O4/c1-3-15-10(12)7-8-5-4-6-9(8)11(13)14-2/h3-7H2,1-2H3. The van der Waals surface area contributed by atoms with Gasteiger partial charge in [-0.25, -0.2) is 4.79 Å². The molecule has 1 rings (SSSR count). The van der Waals surface area contributed by atoms with E-state index in [0.717, 1.165) is 18.4 Å². The van der Waals surface area contributed by atoms with Crippen LogP contribution in [-0.2, 0) is 19.1 Å². The first-order valence-corrected chi connectivity index (χ1v) is 5.13. The highest BCUT2D eigenvalue weighted by atomic mass is 16.5. The summed E-state index contributed by atoms with van der Waals surface area (Å²) < 4.78 is 9.50. The molecule has 4 heteroatoms. The van der Waals surface area contributed by atoms with Crippen molar-refractivity contribution in [3.8, 4) is 0 Å². The van der Waals surface area contributed by atoms with Crippen molar-refractivity contribution < 1.29 is 19.1 Å². The molecule has 15 heavy (non-hydrogen) atoms. The van der Waals surface area contributed by atoms with E-state index in [1.54, 1.807) is 6.92 Å². The van der Waals surface area contributed by atoms with E-state index < -0.39 is 0 Å². The van der Waals surface area contributed by atoms with E-state index in [4.69, 9.17) is 4.74 Å².